The predicted octanol–water partition coefficient (Wildman–Crippen LogP) is 5.51. The van der Waals surface area contributed by atoms with Gasteiger partial charge in [0, 0.05) is 15.8 Å². The Labute approximate surface area is 189 Å². The maximum absolute atomic E-state index is 13.1. The third-order valence-electron chi connectivity index (χ3n) is 7.26. The number of H-pyrrole nitrogens is 1. The van der Waals surface area contributed by atoms with Gasteiger partial charge < -0.3 is 15.4 Å². The number of nitrogens with zero attached hydrogens (tertiary/aromatic N) is 2. The van der Waals surface area contributed by atoms with Crippen LogP contribution in [0.2, 0.25) is 10.0 Å². The molecule has 4 fully saturated rings. The summed E-state index contributed by atoms with van der Waals surface area (Å²) in [5, 5.41) is 21.8. The van der Waals surface area contributed by atoms with Gasteiger partial charge in [-0.2, -0.15) is 0 Å². The number of aromatic nitrogens is 1. The minimum atomic E-state index is -0.802. The Hall–Kier alpha value is -2.12. The molecule has 4 aliphatic rings. The van der Waals surface area contributed by atoms with Gasteiger partial charge in [-0.1, -0.05) is 23.2 Å². The highest BCUT2D eigenvalue weighted by molar-refractivity contribution is 6.38. The van der Waals surface area contributed by atoms with Gasteiger partial charge >= 0.3 is 0 Å². The molecule has 6 rings (SSSR count). The number of halogens is 2. The van der Waals surface area contributed by atoms with E-state index in [0.29, 0.717) is 38.7 Å². The Balaban J connectivity index is 1.30. The molecule has 7 nitrogen and oxygen atoms in total. The number of benzene rings is 1. The van der Waals surface area contributed by atoms with Crippen molar-refractivity contribution in [3.63, 3.8) is 0 Å². The summed E-state index contributed by atoms with van der Waals surface area (Å²) in [6.07, 6.45) is 6.53. The molecule has 1 heterocycles. The molecule has 4 aliphatic carbocycles. The summed E-state index contributed by atoms with van der Waals surface area (Å²) in [6.45, 7) is 1.61. The molecule has 1 aromatic carbocycles. The van der Waals surface area contributed by atoms with Gasteiger partial charge in [0.25, 0.3) is 5.91 Å². The third kappa shape index (κ3) is 3.61. The van der Waals surface area contributed by atoms with E-state index in [1.807, 2.05) is 0 Å². The summed E-state index contributed by atoms with van der Waals surface area (Å²) in [4.78, 5) is 28.4. The number of carbonyl (C=O) groups excluding carboxylic acids is 2. The number of hydrogen-bond acceptors (Lipinski definition) is 4. The van der Waals surface area contributed by atoms with Crippen molar-refractivity contribution in [3.05, 3.63) is 22.2 Å². The molecule has 0 saturated heterocycles. The first-order chi connectivity index (χ1) is 14.7. The molecule has 2 amide bonds. The SMILES string of the molecule is C[C@H](NC(=O)C12CC3CC(CC(C3)C1)C2)C(=O)N=Nc1c(O)[nH]c2c(Cl)cc(Cl)cc12. The Kier molecular flexibility index (Phi) is 5.01. The van der Waals surface area contributed by atoms with Crippen molar-refractivity contribution in [3.8, 4) is 5.88 Å². The highest BCUT2D eigenvalue weighted by Gasteiger charge is 2.54. The van der Waals surface area contributed by atoms with Crippen LogP contribution in [0.4, 0.5) is 5.69 Å². The molecule has 164 valence electrons. The molecular weight excluding hydrogens is 439 g/mol. The number of fused-ring (bicyclic) bond motifs is 1. The topological polar surface area (TPSA) is 107 Å². The van der Waals surface area contributed by atoms with Crippen molar-refractivity contribution < 1.29 is 14.7 Å². The fourth-order valence-corrected chi connectivity index (χ4v) is 6.82. The summed E-state index contributed by atoms with van der Waals surface area (Å²) < 4.78 is 0. The Morgan fingerprint density at radius 3 is 2.39 bits per heavy atom. The van der Waals surface area contributed by atoms with Crippen LogP contribution >= 0.6 is 23.2 Å². The molecule has 2 aromatic rings. The molecule has 4 bridgehead atoms. The van der Waals surface area contributed by atoms with Crippen LogP contribution in [0.5, 0.6) is 5.88 Å². The quantitative estimate of drug-likeness (QED) is 0.521. The lowest BCUT2D eigenvalue weighted by Crippen LogP contribution is -2.55. The first-order valence-electron chi connectivity index (χ1n) is 10.7. The van der Waals surface area contributed by atoms with Gasteiger partial charge in [-0.3, -0.25) is 9.59 Å². The number of azo groups is 1. The van der Waals surface area contributed by atoms with E-state index in [1.54, 1.807) is 13.0 Å². The molecule has 4 saturated carbocycles. The van der Waals surface area contributed by atoms with Crippen molar-refractivity contribution in [2.45, 2.75) is 51.5 Å². The van der Waals surface area contributed by atoms with Gasteiger partial charge in [-0.15, -0.1) is 10.2 Å². The minimum absolute atomic E-state index is 0.0313. The van der Waals surface area contributed by atoms with E-state index in [-0.39, 0.29) is 22.9 Å². The zero-order valence-electron chi connectivity index (χ0n) is 17.1. The molecule has 1 atom stereocenters. The average Bonchev–Trinajstić information content (AvgIpc) is 3.00. The maximum Gasteiger partial charge on any atom is 0.286 e. The van der Waals surface area contributed by atoms with Gasteiger partial charge in [0.15, 0.2) is 5.69 Å². The second-order valence-corrected chi connectivity index (χ2v) is 10.4. The number of aromatic hydroxyl groups is 1. The summed E-state index contributed by atoms with van der Waals surface area (Å²) in [6, 6.07) is 2.31. The minimum Gasteiger partial charge on any atom is -0.493 e. The Bertz CT molecular complexity index is 1070. The lowest BCUT2D eigenvalue weighted by atomic mass is 9.49. The van der Waals surface area contributed by atoms with Crippen LogP contribution in [0.15, 0.2) is 22.4 Å². The monoisotopic (exact) mass is 462 g/mol. The molecule has 31 heavy (non-hydrogen) atoms. The van der Waals surface area contributed by atoms with Crippen molar-refractivity contribution in [2.75, 3.05) is 0 Å². The van der Waals surface area contributed by atoms with Crippen molar-refractivity contribution in [2.24, 2.45) is 33.4 Å². The van der Waals surface area contributed by atoms with E-state index < -0.39 is 11.9 Å². The van der Waals surface area contributed by atoms with Gasteiger partial charge in [-0.05, 0) is 75.3 Å². The first-order valence-corrected chi connectivity index (χ1v) is 11.5. The number of nitrogens with one attached hydrogen (secondary N) is 2. The fourth-order valence-electron chi connectivity index (χ4n) is 6.28. The van der Waals surface area contributed by atoms with Crippen molar-refractivity contribution >= 4 is 51.6 Å². The Morgan fingerprint density at radius 1 is 1.16 bits per heavy atom. The largest absolute Gasteiger partial charge is 0.493 e. The van der Waals surface area contributed by atoms with Crippen LogP contribution in [-0.4, -0.2) is 27.9 Å². The van der Waals surface area contributed by atoms with Crippen molar-refractivity contribution in [1.82, 2.24) is 10.3 Å². The van der Waals surface area contributed by atoms with Gasteiger partial charge in [0.2, 0.25) is 11.8 Å². The number of carbonyl (C=O) groups is 2. The fraction of sp³-hybridized carbons (Fsp3) is 0.545. The van der Waals surface area contributed by atoms with Crippen LogP contribution in [0, 0.1) is 23.2 Å². The van der Waals surface area contributed by atoms with E-state index >= 15 is 0 Å². The van der Waals surface area contributed by atoms with E-state index in [9.17, 15) is 14.7 Å². The van der Waals surface area contributed by atoms with Crippen LogP contribution < -0.4 is 5.32 Å². The molecule has 0 aliphatic heterocycles. The summed E-state index contributed by atoms with van der Waals surface area (Å²) >= 11 is 12.2. The summed E-state index contributed by atoms with van der Waals surface area (Å²) in [5.41, 5.74) is 0.198. The predicted molar refractivity (Wildman–Crippen MR) is 118 cm³/mol. The maximum atomic E-state index is 13.1. The molecule has 3 N–H and O–H groups in total. The lowest BCUT2D eigenvalue weighted by Gasteiger charge is -2.55. The number of aromatic amines is 1. The first kappa shape index (κ1) is 20.8. The van der Waals surface area contributed by atoms with Crippen LogP contribution in [0.1, 0.15) is 45.4 Å². The second-order valence-electron chi connectivity index (χ2n) is 9.56. The average molecular weight is 463 g/mol. The smallest absolute Gasteiger partial charge is 0.286 e. The van der Waals surface area contributed by atoms with Gasteiger partial charge in [-0.25, -0.2) is 0 Å². The standard InChI is InChI=1S/C22H24Cl2N4O3/c1-10(25-21(31)22-7-11-2-12(8-22)4-13(3-11)9-22)19(29)28-27-18-15-5-14(23)6-16(24)17(15)26-20(18)30/h5-6,10-13,26,30H,2-4,7-9H2,1H3,(H,25,31)/t10-,11?,12?,13?,22?/m0/s1. The van der Waals surface area contributed by atoms with E-state index in [2.05, 4.69) is 20.5 Å². The van der Waals surface area contributed by atoms with E-state index in [4.69, 9.17) is 23.2 Å². The lowest BCUT2D eigenvalue weighted by molar-refractivity contribution is -0.148. The summed E-state index contributed by atoms with van der Waals surface area (Å²) in [7, 11) is 0. The van der Waals surface area contributed by atoms with Gasteiger partial charge in [0.1, 0.15) is 6.04 Å². The second kappa shape index (κ2) is 7.48. The third-order valence-corrected chi connectivity index (χ3v) is 7.78. The molecule has 0 unspecified atom stereocenters. The number of hydrogen-bond donors (Lipinski definition) is 3. The van der Waals surface area contributed by atoms with Crippen LogP contribution in [0.3, 0.4) is 0 Å². The molecule has 1 aromatic heterocycles. The number of rotatable bonds is 4. The number of amides is 2. The van der Waals surface area contributed by atoms with Crippen molar-refractivity contribution in [1.29, 1.82) is 0 Å². The molecule has 0 radical (unpaired) electrons. The highest BCUT2D eigenvalue weighted by atomic mass is 35.5. The Morgan fingerprint density at radius 2 is 1.77 bits per heavy atom. The highest BCUT2D eigenvalue weighted by Crippen LogP contribution is 2.60. The zero-order valence-corrected chi connectivity index (χ0v) is 18.6. The van der Waals surface area contributed by atoms with Crippen LogP contribution in [-0.2, 0) is 9.59 Å². The van der Waals surface area contributed by atoms with Crippen LogP contribution in [0.25, 0.3) is 10.9 Å². The van der Waals surface area contributed by atoms with Gasteiger partial charge in [0.05, 0.1) is 10.5 Å². The summed E-state index contributed by atoms with van der Waals surface area (Å²) in [5.74, 6) is 1.06. The molecular formula is C22H24Cl2N4O3. The normalized spacial score (nSPS) is 30.2. The van der Waals surface area contributed by atoms with E-state index in [1.165, 1.54) is 25.3 Å². The zero-order chi connectivity index (χ0) is 21.9. The molecule has 9 heteroatoms. The molecule has 0 spiro atoms. The van der Waals surface area contributed by atoms with E-state index in [0.717, 1.165) is 19.3 Å².